The van der Waals surface area contributed by atoms with Crippen molar-refractivity contribution in [1.29, 1.82) is 0 Å². The van der Waals surface area contributed by atoms with Gasteiger partial charge in [-0.25, -0.2) is 0 Å². The highest BCUT2D eigenvalue weighted by Gasteiger charge is 2.02. The molecule has 3 nitrogen and oxygen atoms in total. The molecular formula is C14H21N3. The van der Waals surface area contributed by atoms with E-state index in [1.165, 1.54) is 16.6 Å². The number of hydrogen-bond donors (Lipinski definition) is 3. The number of likely N-dealkylation sites (N-methyl/N-ethyl adjacent to an activating group) is 1. The SMILES string of the molecule is CCNCC(C)NCc1cc2ccccc2[nH]1. The van der Waals surface area contributed by atoms with Gasteiger partial charge in [-0.2, -0.15) is 0 Å². The van der Waals surface area contributed by atoms with E-state index in [0.29, 0.717) is 6.04 Å². The summed E-state index contributed by atoms with van der Waals surface area (Å²) < 4.78 is 0. The standard InChI is InChI=1S/C14H21N3/c1-3-15-9-11(2)16-10-13-8-12-6-4-5-7-14(12)17-13/h4-8,11,15-17H,3,9-10H2,1-2H3. The smallest absolute Gasteiger partial charge is 0.0456 e. The van der Waals surface area contributed by atoms with Gasteiger partial charge >= 0.3 is 0 Å². The van der Waals surface area contributed by atoms with Crippen LogP contribution in [0.2, 0.25) is 0 Å². The summed E-state index contributed by atoms with van der Waals surface area (Å²) >= 11 is 0. The van der Waals surface area contributed by atoms with Crippen LogP contribution in [0.25, 0.3) is 10.9 Å². The molecule has 3 N–H and O–H groups in total. The maximum atomic E-state index is 3.50. The van der Waals surface area contributed by atoms with Crippen LogP contribution in [0.3, 0.4) is 0 Å². The summed E-state index contributed by atoms with van der Waals surface area (Å²) in [6.45, 7) is 7.26. The second-order valence-electron chi connectivity index (χ2n) is 4.47. The molecule has 17 heavy (non-hydrogen) atoms. The minimum absolute atomic E-state index is 0.487. The van der Waals surface area contributed by atoms with Crippen LogP contribution in [0.5, 0.6) is 0 Å². The van der Waals surface area contributed by atoms with Crippen LogP contribution in [0.4, 0.5) is 0 Å². The van der Waals surface area contributed by atoms with E-state index in [4.69, 9.17) is 0 Å². The number of benzene rings is 1. The van der Waals surface area contributed by atoms with E-state index in [2.05, 4.69) is 59.8 Å². The number of aromatic amines is 1. The molecule has 0 saturated carbocycles. The number of fused-ring (bicyclic) bond motifs is 1. The fourth-order valence-electron chi connectivity index (χ4n) is 1.95. The number of nitrogens with one attached hydrogen (secondary N) is 3. The normalized spacial score (nSPS) is 13.1. The summed E-state index contributed by atoms with van der Waals surface area (Å²) in [5.74, 6) is 0. The minimum Gasteiger partial charge on any atom is -0.357 e. The fraction of sp³-hybridized carbons (Fsp3) is 0.429. The van der Waals surface area contributed by atoms with E-state index >= 15 is 0 Å². The first-order valence-electron chi connectivity index (χ1n) is 6.30. The summed E-state index contributed by atoms with van der Waals surface area (Å²) in [5.41, 5.74) is 2.46. The lowest BCUT2D eigenvalue weighted by Gasteiger charge is -2.13. The summed E-state index contributed by atoms with van der Waals surface area (Å²) in [4.78, 5) is 3.42. The Balaban J connectivity index is 1.90. The second kappa shape index (κ2) is 5.84. The van der Waals surface area contributed by atoms with E-state index in [1.54, 1.807) is 0 Å². The molecule has 0 aliphatic heterocycles. The maximum absolute atomic E-state index is 3.50. The Morgan fingerprint density at radius 3 is 2.88 bits per heavy atom. The molecule has 0 radical (unpaired) electrons. The maximum Gasteiger partial charge on any atom is 0.0456 e. The highest BCUT2D eigenvalue weighted by atomic mass is 15.0. The Morgan fingerprint density at radius 2 is 2.12 bits per heavy atom. The molecule has 2 rings (SSSR count). The fourth-order valence-corrected chi connectivity index (χ4v) is 1.95. The molecule has 1 aromatic heterocycles. The zero-order valence-electron chi connectivity index (χ0n) is 10.6. The van der Waals surface area contributed by atoms with Crippen LogP contribution < -0.4 is 10.6 Å². The molecule has 0 aliphatic rings. The number of rotatable bonds is 6. The second-order valence-corrected chi connectivity index (χ2v) is 4.47. The number of hydrogen-bond acceptors (Lipinski definition) is 2. The molecule has 0 spiro atoms. The molecule has 0 saturated heterocycles. The van der Waals surface area contributed by atoms with Gasteiger partial charge < -0.3 is 15.6 Å². The molecule has 1 aromatic carbocycles. The van der Waals surface area contributed by atoms with E-state index in [-0.39, 0.29) is 0 Å². The van der Waals surface area contributed by atoms with Crippen molar-refractivity contribution in [2.45, 2.75) is 26.4 Å². The van der Waals surface area contributed by atoms with Gasteiger partial charge in [0, 0.05) is 30.3 Å². The molecule has 1 heterocycles. The summed E-state index contributed by atoms with van der Waals surface area (Å²) in [7, 11) is 0. The Kier molecular flexibility index (Phi) is 4.18. The lowest BCUT2D eigenvalue weighted by atomic mass is 10.2. The van der Waals surface area contributed by atoms with Crippen LogP contribution in [0, 0.1) is 0 Å². The number of para-hydroxylation sites is 1. The topological polar surface area (TPSA) is 39.8 Å². The van der Waals surface area contributed by atoms with Crippen molar-refractivity contribution in [3.63, 3.8) is 0 Å². The summed E-state index contributed by atoms with van der Waals surface area (Å²) in [5, 5.41) is 8.12. The van der Waals surface area contributed by atoms with Crippen LogP contribution in [0.1, 0.15) is 19.5 Å². The van der Waals surface area contributed by atoms with E-state index < -0.39 is 0 Å². The zero-order chi connectivity index (χ0) is 12.1. The monoisotopic (exact) mass is 231 g/mol. The van der Waals surface area contributed by atoms with E-state index in [0.717, 1.165) is 19.6 Å². The Bertz CT molecular complexity index is 428. The van der Waals surface area contributed by atoms with Crippen LogP contribution >= 0.6 is 0 Å². The van der Waals surface area contributed by atoms with Crippen molar-refractivity contribution in [3.05, 3.63) is 36.0 Å². The molecule has 0 fully saturated rings. The van der Waals surface area contributed by atoms with Gasteiger partial charge in [0.25, 0.3) is 0 Å². The highest BCUT2D eigenvalue weighted by molar-refractivity contribution is 5.80. The van der Waals surface area contributed by atoms with Gasteiger partial charge in [-0.3, -0.25) is 0 Å². The molecule has 1 atom stereocenters. The number of aromatic nitrogens is 1. The lowest BCUT2D eigenvalue weighted by Crippen LogP contribution is -2.35. The first-order chi connectivity index (χ1) is 8.29. The largest absolute Gasteiger partial charge is 0.357 e. The summed E-state index contributed by atoms with van der Waals surface area (Å²) in [6.07, 6.45) is 0. The van der Waals surface area contributed by atoms with E-state index in [1.807, 2.05) is 0 Å². The average molecular weight is 231 g/mol. The van der Waals surface area contributed by atoms with Gasteiger partial charge in [0.1, 0.15) is 0 Å². The Labute approximate surface area is 103 Å². The molecule has 0 amide bonds. The van der Waals surface area contributed by atoms with Crippen LogP contribution in [-0.2, 0) is 6.54 Å². The van der Waals surface area contributed by atoms with Gasteiger partial charge in [-0.1, -0.05) is 25.1 Å². The summed E-state index contributed by atoms with van der Waals surface area (Å²) in [6, 6.07) is 11.1. The van der Waals surface area contributed by atoms with Gasteiger partial charge in [0.15, 0.2) is 0 Å². The minimum atomic E-state index is 0.487. The molecule has 2 aromatic rings. The van der Waals surface area contributed by atoms with Gasteiger partial charge in [0.2, 0.25) is 0 Å². The lowest BCUT2D eigenvalue weighted by molar-refractivity contribution is 0.506. The van der Waals surface area contributed by atoms with Gasteiger partial charge in [-0.15, -0.1) is 0 Å². The predicted molar refractivity (Wildman–Crippen MR) is 73.1 cm³/mol. The highest BCUT2D eigenvalue weighted by Crippen LogP contribution is 2.14. The van der Waals surface area contributed by atoms with Crippen LogP contribution in [0.15, 0.2) is 30.3 Å². The quantitative estimate of drug-likeness (QED) is 0.713. The average Bonchev–Trinajstić information content (AvgIpc) is 2.76. The molecular weight excluding hydrogens is 210 g/mol. The van der Waals surface area contributed by atoms with Crippen molar-refractivity contribution >= 4 is 10.9 Å². The van der Waals surface area contributed by atoms with Crippen LogP contribution in [-0.4, -0.2) is 24.1 Å². The number of H-pyrrole nitrogens is 1. The van der Waals surface area contributed by atoms with E-state index in [9.17, 15) is 0 Å². The molecule has 1 unspecified atom stereocenters. The third kappa shape index (κ3) is 3.32. The predicted octanol–water partition coefficient (Wildman–Crippen LogP) is 2.26. The Morgan fingerprint density at radius 1 is 1.29 bits per heavy atom. The molecule has 3 heteroatoms. The first kappa shape index (κ1) is 12.1. The Hall–Kier alpha value is -1.32. The first-order valence-corrected chi connectivity index (χ1v) is 6.30. The van der Waals surface area contributed by atoms with Gasteiger partial charge in [-0.05, 0) is 31.0 Å². The van der Waals surface area contributed by atoms with Crippen molar-refractivity contribution in [1.82, 2.24) is 15.6 Å². The van der Waals surface area contributed by atoms with Gasteiger partial charge in [0.05, 0.1) is 0 Å². The third-order valence-corrected chi connectivity index (χ3v) is 2.93. The zero-order valence-corrected chi connectivity index (χ0v) is 10.6. The van der Waals surface area contributed by atoms with Crippen molar-refractivity contribution in [2.75, 3.05) is 13.1 Å². The van der Waals surface area contributed by atoms with Crippen molar-refractivity contribution in [3.8, 4) is 0 Å². The van der Waals surface area contributed by atoms with Crippen molar-refractivity contribution < 1.29 is 0 Å². The molecule has 0 aliphatic carbocycles. The third-order valence-electron chi connectivity index (χ3n) is 2.93. The van der Waals surface area contributed by atoms with Crippen molar-refractivity contribution in [2.24, 2.45) is 0 Å². The molecule has 92 valence electrons. The molecule has 0 bridgehead atoms.